The minimum absolute atomic E-state index is 0.141. The number of halogens is 2. The maximum absolute atomic E-state index is 10.8. The second-order valence-electron chi connectivity index (χ2n) is 5.43. The molecule has 3 aromatic rings. The first-order valence-corrected chi connectivity index (χ1v) is 8.08. The number of carboxylic acids is 1. The number of nitrogens with one attached hydrogen (secondary N) is 1. The Bertz CT molecular complexity index is 871. The normalized spacial score (nSPS) is 11.0. The second kappa shape index (κ2) is 6.65. The van der Waals surface area contributed by atoms with Gasteiger partial charge >= 0.3 is 5.97 Å². The van der Waals surface area contributed by atoms with Crippen LogP contribution in [0.15, 0.2) is 42.5 Å². The number of hydrogen-bond donors (Lipinski definition) is 2. The third kappa shape index (κ3) is 3.52. The number of H-pyrrole nitrogens is 1. The van der Waals surface area contributed by atoms with E-state index in [1.54, 1.807) is 0 Å². The number of aromatic nitrogens is 1. The molecule has 1 heterocycles. The van der Waals surface area contributed by atoms with E-state index in [2.05, 4.69) is 4.98 Å². The van der Waals surface area contributed by atoms with Crippen LogP contribution < -0.4 is 0 Å². The number of rotatable bonds is 5. The van der Waals surface area contributed by atoms with Gasteiger partial charge in [-0.1, -0.05) is 35.3 Å². The van der Waals surface area contributed by atoms with Gasteiger partial charge in [-0.25, -0.2) is 0 Å². The first-order valence-electron chi connectivity index (χ1n) is 7.32. The van der Waals surface area contributed by atoms with E-state index in [4.69, 9.17) is 28.3 Å². The monoisotopic (exact) mass is 347 g/mol. The van der Waals surface area contributed by atoms with E-state index in [9.17, 15) is 4.79 Å². The van der Waals surface area contributed by atoms with Gasteiger partial charge in [-0.05, 0) is 54.3 Å². The minimum Gasteiger partial charge on any atom is -0.481 e. The van der Waals surface area contributed by atoms with Crippen LogP contribution in [0.5, 0.6) is 0 Å². The van der Waals surface area contributed by atoms with Gasteiger partial charge < -0.3 is 10.1 Å². The number of benzene rings is 2. The molecule has 0 bridgehead atoms. The molecule has 23 heavy (non-hydrogen) atoms. The van der Waals surface area contributed by atoms with E-state index >= 15 is 0 Å². The van der Waals surface area contributed by atoms with Crippen LogP contribution in [0, 0.1) is 0 Å². The van der Waals surface area contributed by atoms with Crippen molar-refractivity contribution < 1.29 is 9.90 Å². The van der Waals surface area contributed by atoms with Crippen molar-refractivity contribution in [2.45, 2.75) is 19.3 Å². The van der Waals surface area contributed by atoms with Crippen molar-refractivity contribution in [2.24, 2.45) is 0 Å². The molecule has 0 aliphatic rings. The largest absolute Gasteiger partial charge is 0.481 e. The van der Waals surface area contributed by atoms with E-state index in [-0.39, 0.29) is 6.42 Å². The Morgan fingerprint density at radius 2 is 1.87 bits per heavy atom. The van der Waals surface area contributed by atoms with Crippen molar-refractivity contribution in [1.29, 1.82) is 0 Å². The van der Waals surface area contributed by atoms with Gasteiger partial charge in [0.1, 0.15) is 0 Å². The summed E-state index contributed by atoms with van der Waals surface area (Å²) in [6, 6.07) is 13.3. The third-order valence-corrected chi connectivity index (χ3v) is 4.27. The summed E-state index contributed by atoms with van der Waals surface area (Å²) in [5.41, 5.74) is 4.01. The van der Waals surface area contributed by atoms with Crippen molar-refractivity contribution in [2.75, 3.05) is 0 Å². The molecule has 3 nitrogen and oxygen atoms in total. The van der Waals surface area contributed by atoms with Crippen LogP contribution in [0.3, 0.4) is 0 Å². The van der Waals surface area contributed by atoms with Gasteiger partial charge in [0.15, 0.2) is 0 Å². The number of carboxylic acid groups (broad SMARTS) is 1. The summed E-state index contributed by atoms with van der Waals surface area (Å²) in [5.74, 6) is -0.785. The fraction of sp³-hybridized carbons (Fsp3) is 0.167. The predicted octanol–water partition coefficient (Wildman–Crippen LogP) is 5.55. The zero-order chi connectivity index (χ0) is 16.4. The highest BCUT2D eigenvalue weighted by Crippen LogP contribution is 2.34. The Hall–Kier alpha value is -1.97. The van der Waals surface area contributed by atoms with Crippen LogP contribution >= 0.6 is 23.2 Å². The van der Waals surface area contributed by atoms with Crippen molar-refractivity contribution in [3.63, 3.8) is 0 Å². The summed E-state index contributed by atoms with van der Waals surface area (Å²) in [6.45, 7) is 0. The minimum atomic E-state index is -0.785. The van der Waals surface area contributed by atoms with Crippen molar-refractivity contribution in [3.05, 3.63) is 58.1 Å². The van der Waals surface area contributed by atoms with E-state index in [0.717, 1.165) is 27.7 Å². The first kappa shape index (κ1) is 15.9. The Kier molecular flexibility index (Phi) is 4.60. The van der Waals surface area contributed by atoms with Crippen LogP contribution in [0.2, 0.25) is 10.0 Å². The van der Waals surface area contributed by atoms with Crippen LogP contribution in [-0.2, 0) is 11.2 Å². The van der Waals surface area contributed by atoms with E-state index < -0.39 is 5.97 Å². The smallest absolute Gasteiger partial charge is 0.303 e. The lowest BCUT2D eigenvalue weighted by Crippen LogP contribution is -1.96. The lowest BCUT2D eigenvalue weighted by Gasteiger charge is -2.05. The lowest BCUT2D eigenvalue weighted by molar-refractivity contribution is -0.137. The summed E-state index contributed by atoms with van der Waals surface area (Å²) >= 11 is 12.2. The Balaban J connectivity index is 2.10. The molecule has 118 valence electrons. The highest BCUT2D eigenvalue weighted by Gasteiger charge is 2.14. The summed E-state index contributed by atoms with van der Waals surface area (Å²) in [5, 5.41) is 11.2. The standard InChI is InChI=1S/C18H15Cl2NO2/c19-12-4-1-3-11(9-12)18-14(5-2-6-17(22)23)15-10-13(20)7-8-16(15)21-18/h1,3-4,7-10,21H,2,5-6H2,(H,22,23). The van der Waals surface area contributed by atoms with Gasteiger partial charge in [-0.3, -0.25) is 4.79 Å². The zero-order valence-corrected chi connectivity index (χ0v) is 13.8. The Morgan fingerprint density at radius 1 is 1.09 bits per heavy atom. The molecule has 1 aromatic heterocycles. The average Bonchev–Trinajstić information content (AvgIpc) is 2.85. The van der Waals surface area contributed by atoms with E-state index in [1.165, 1.54) is 0 Å². The van der Waals surface area contributed by atoms with E-state index in [0.29, 0.717) is 22.9 Å². The fourth-order valence-electron chi connectivity index (χ4n) is 2.79. The van der Waals surface area contributed by atoms with E-state index in [1.807, 2.05) is 42.5 Å². The molecule has 0 amide bonds. The summed E-state index contributed by atoms with van der Waals surface area (Å²) in [6.07, 6.45) is 1.37. The van der Waals surface area contributed by atoms with Crippen LogP contribution in [0.25, 0.3) is 22.2 Å². The Labute approximate surface area is 143 Å². The first-order chi connectivity index (χ1) is 11.0. The number of aryl methyl sites for hydroxylation is 1. The quantitative estimate of drug-likeness (QED) is 0.635. The van der Waals surface area contributed by atoms with Crippen molar-refractivity contribution in [3.8, 4) is 11.3 Å². The van der Waals surface area contributed by atoms with Gasteiger partial charge in [0, 0.05) is 33.1 Å². The van der Waals surface area contributed by atoms with Gasteiger partial charge in [0.25, 0.3) is 0 Å². The number of aliphatic carboxylic acids is 1. The molecular formula is C18H15Cl2NO2. The van der Waals surface area contributed by atoms with Crippen molar-refractivity contribution >= 4 is 40.1 Å². The molecule has 0 aliphatic heterocycles. The third-order valence-electron chi connectivity index (χ3n) is 3.80. The summed E-state index contributed by atoms with van der Waals surface area (Å²) in [4.78, 5) is 14.2. The Morgan fingerprint density at radius 3 is 2.61 bits per heavy atom. The molecule has 3 rings (SSSR count). The molecule has 0 saturated heterocycles. The molecule has 0 atom stereocenters. The summed E-state index contributed by atoms with van der Waals surface area (Å²) < 4.78 is 0. The molecular weight excluding hydrogens is 333 g/mol. The molecule has 2 N–H and O–H groups in total. The van der Waals surface area contributed by atoms with Gasteiger partial charge in [-0.2, -0.15) is 0 Å². The highest BCUT2D eigenvalue weighted by atomic mass is 35.5. The van der Waals surface area contributed by atoms with Crippen LogP contribution in [0.1, 0.15) is 18.4 Å². The molecule has 0 fully saturated rings. The topological polar surface area (TPSA) is 53.1 Å². The average molecular weight is 348 g/mol. The molecule has 0 saturated carbocycles. The fourth-order valence-corrected chi connectivity index (χ4v) is 3.15. The van der Waals surface area contributed by atoms with Crippen LogP contribution in [0.4, 0.5) is 0 Å². The highest BCUT2D eigenvalue weighted by molar-refractivity contribution is 6.31. The number of carbonyl (C=O) groups is 1. The molecule has 2 aromatic carbocycles. The maximum atomic E-state index is 10.8. The summed E-state index contributed by atoms with van der Waals surface area (Å²) in [7, 11) is 0. The van der Waals surface area contributed by atoms with Gasteiger partial charge in [-0.15, -0.1) is 0 Å². The van der Waals surface area contributed by atoms with Crippen molar-refractivity contribution in [1.82, 2.24) is 4.98 Å². The number of aromatic amines is 1. The van der Waals surface area contributed by atoms with Crippen LogP contribution in [-0.4, -0.2) is 16.1 Å². The maximum Gasteiger partial charge on any atom is 0.303 e. The molecule has 0 spiro atoms. The molecule has 0 aliphatic carbocycles. The number of hydrogen-bond acceptors (Lipinski definition) is 1. The predicted molar refractivity (Wildman–Crippen MR) is 94.3 cm³/mol. The van der Waals surface area contributed by atoms with Gasteiger partial charge in [0.05, 0.1) is 0 Å². The number of fused-ring (bicyclic) bond motifs is 1. The molecule has 0 radical (unpaired) electrons. The second-order valence-corrected chi connectivity index (χ2v) is 6.30. The zero-order valence-electron chi connectivity index (χ0n) is 12.3. The molecule has 5 heteroatoms. The van der Waals surface area contributed by atoms with Gasteiger partial charge in [0.2, 0.25) is 0 Å². The lowest BCUT2D eigenvalue weighted by atomic mass is 10.0. The molecule has 0 unspecified atom stereocenters. The SMILES string of the molecule is O=C(O)CCCc1c(-c2cccc(Cl)c2)[nH]c2ccc(Cl)cc12.